The summed E-state index contributed by atoms with van der Waals surface area (Å²) < 4.78 is 0. The first-order valence-corrected chi connectivity index (χ1v) is 9.81. The highest BCUT2D eigenvalue weighted by atomic mass is 16.4. The summed E-state index contributed by atoms with van der Waals surface area (Å²) in [5, 5.41) is 29.6. The molecule has 0 aliphatic carbocycles. The zero-order valence-electron chi connectivity index (χ0n) is 17.6. The molecule has 0 saturated carbocycles. The number of rotatable bonds is 17. The van der Waals surface area contributed by atoms with E-state index in [-0.39, 0.29) is 62.9 Å². The molecule has 0 aromatic carbocycles. The minimum atomic E-state index is -1.41. The number of carbonyl (C=O) groups is 7. The molecule has 4 N–H and O–H groups in total. The van der Waals surface area contributed by atoms with Crippen molar-refractivity contribution in [3.63, 3.8) is 0 Å². The van der Waals surface area contributed by atoms with Crippen LogP contribution in [0.25, 0.3) is 0 Å². The van der Waals surface area contributed by atoms with Crippen LogP contribution in [0.2, 0.25) is 0 Å². The molecule has 0 bridgehead atoms. The number of carboxylic acids is 3. The number of Topliss-reactive ketones (excluding diaryl/α,β-unsaturated/α-hetero) is 3. The summed E-state index contributed by atoms with van der Waals surface area (Å²) in [6.07, 6.45) is -1.60. The first-order valence-electron chi connectivity index (χ1n) is 9.81. The fourth-order valence-corrected chi connectivity index (χ4v) is 2.86. The predicted octanol–water partition coefficient (Wildman–Crippen LogP) is 0.825. The zero-order chi connectivity index (χ0) is 24.1. The largest absolute Gasteiger partial charge is 0.481 e. The van der Waals surface area contributed by atoms with Gasteiger partial charge in [-0.25, -0.2) is 4.79 Å². The topological polar surface area (TPSA) is 192 Å². The van der Waals surface area contributed by atoms with Crippen LogP contribution in [0.15, 0.2) is 0 Å². The molecule has 0 aliphatic heterocycles. The van der Waals surface area contributed by atoms with Crippen molar-refractivity contribution in [2.45, 2.75) is 71.3 Å². The number of amides is 1. The van der Waals surface area contributed by atoms with Gasteiger partial charge in [-0.2, -0.15) is 0 Å². The lowest BCUT2D eigenvalue weighted by atomic mass is 9.94. The lowest BCUT2D eigenvalue weighted by Gasteiger charge is -2.16. The fourth-order valence-electron chi connectivity index (χ4n) is 2.86. The molecule has 0 rings (SSSR count). The number of hydrogen-bond acceptors (Lipinski definition) is 7. The van der Waals surface area contributed by atoms with Crippen molar-refractivity contribution in [2.24, 2.45) is 11.8 Å². The molecule has 1 amide bonds. The van der Waals surface area contributed by atoms with E-state index in [2.05, 4.69) is 5.32 Å². The molecule has 0 heterocycles. The van der Waals surface area contributed by atoms with Crippen molar-refractivity contribution in [1.82, 2.24) is 5.32 Å². The number of nitrogens with one attached hydrogen (secondary N) is 1. The molecule has 11 heteroatoms. The van der Waals surface area contributed by atoms with E-state index in [1.807, 2.05) is 0 Å². The van der Waals surface area contributed by atoms with Gasteiger partial charge in [-0.05, 0) is 33.1 Å². The second-order valence-electron chi connectivity index (χ2n) is 7.50. The smallest absolute Gasteiger partial charge is 0.326 e. The Labute approximate surface area is 179 Å². The van der Waals surface area contributed by atoms with Crippen molar-refractivity contribution < 1.29 is 48.9 Å². The van der Waals surface area contributed by atoms with E-state index in [0.29, 0.717) is 0 Å². The quantitative estimate of drug-likeness (QED) is 0.250. The van der Waals surface area contributed by atoms with E-state index in [9.17, 15) is 38.7 Å². The van der Waals surface area contributed by atoms with E-state index < -0.39 is 47.5 Å². The Balaban J connectivity index is 4.69. The average molecular weight is 443 g/mol. The highest BCUT2D eigenvalue weighted by molar-refractivity contribution is 5.87. The summed E-state index contributed by atoms with van der Waals surface area (Å²) >= 11 is 0. The summed E-state index contributed by atoms with van der Waals surface area (Å²) in [5.41, 5.74) is 0. The molecule has 31 heavy (non-hydrogen) atoms. The summed E-state index contributed by atoms with van der Waals surface area (Å²) in [6.45, 7) is 2.53. The third-order valence-corrected chi connectivity index (χ3v) is 4.62. The summed E-state index contributed by atoms with van der Waals surface area (Å²) in [5.74, 6) is -7.77. The molecule has 0 aromatic rings. The SMILES string of the molecule is CC(=O)CC[C@H](CC(=O)CC[C@H](NC(=O)CC[C@H](CC(C)=O)C(=O)O)C(=O)O)C(=O)O. The third kappa shape index (κ3) is 12.9. The number of hydrogen-bond donors (Lipinski definition) is 4. The van der Waals surface area contributed by atoms with E-state index in [4.69, 9.17) is 10.2 Å². The maximum absolute atomic E-state index is 12.1. The summed E-state index contributed by atoms with van der Waals surface area (Å²) in [6, 6.07) is -1.41. The Morgan fingerprint density at radius 1 is 0.645 bits per heavy atom. The molecule has 0 spiro atoms. The Hall–Kier alpha value is -3.11. The van der Waals surface area contributed by atoms with Gasteiger partial charge >= 0.3 is 17.9 Å². The van der Waals surface area contributed by atoms with Gasteiger partial charge in [-0.15, -0.1) is 0 Å². The normalized spacial score (nSPS) is 13.5. The highest BCUT2D eigenvalue weighted by Gasteiger charge is 2.26. The molecular formula is C20H29NO10. The molecule has 0 aromatic heterocycles. The summed E-state index contributed by atoms with van der Waals surface area (Å²) in [4.78, 5) is 79.8. The van der Waals surface area contributed by atoms with Crippen LogP contribution in [0.3, 0.4) is 0 Å². The van der Waals surface area contributed by atoms with E-state index in [1.54, 1.807) is 0 Å². The van der Waals surface area contributed by atoms with E-state index in [0.717, 1.165) is 0 Å². The first-order chi connectivity index (χ1) is 14.3. The van der Waals surface area contributed by atoms with Gasteiger partial charge in [0.05, 0.1) is 11.8 Å². The zero-order valence-corrected chi connectivity index (χ0v) is 17.6. The second kappa shape index (κ2) is 14.0. The van der Waals surface area contributed by atoms with Gasteiger partial charge in [-0.1, -0.05) is 0 Å². The van der Waals surface area contributed by atoms with Gasteiger partial charge in [0.15, 0.2) is 0 Å². The number of ketones is 3. The minimum Gasteiger partial charge on any atom is -0.481 e. The predicted molar refractivity (Wildman–Crippen MR) is 105 cm³/mol. The Kier molecular flexibility index (Phi) is 12.6. The molecule has 0 aliphatic rings. The van der Waals surface area contributed by atoms with E-state index >= 15 is 0 Å². The molecule has 0 radical (unpaired) electrons. The first kappa shape index (κ1) is 27.9. The number of carboxylic acid groups (broad SMARTS) is 3. The van der Waals surface area contributed by atoms with Gasteiger partial charge in [0.25, 0.3) is 0 Å². The molecule has 11 nitrogen and oxygen atoms in total. The Morgan fingerprint density at radius 3 is 1.61 bits per heavy atom. The standard InChI is InChI=1S/C20H29NO10/c1-11(22)3-4-14(19(28)29)10-15(24)6-7-16(20(30)31)21-17(25)8-5-13(18(26)27)9-12(2)23/h13-14,16H,3-10H2,1-2H3,(H,21,25)(H,26,27)(H,28,29)(H,30,31)/t13-,14-,16+/m1/s1. The van der Waals surface area contributed by atoms with Crippen molar-refractivity contribution >= 4 is 41.2 Å². The summed E-state index contributed by atoms with van der Waals surface area (Å²) in [7, 11) is 0. The van der Waals surface area contributed by atoms with Gasteiger partial charge in [-0.3, -0.25) is 19.2 Å². The van der Waals surface area contributed by atoms with Crippen LogP contribution in [0.1, 0.15) is 65.2 Å². The maximum Gasteiger partial charge on any atom is 0.326 e. The van der Waals surface area contributed by atoms with Crippen LogP contribution in [0, 0.1) is 11.8 Å². The lowest BCUT2D eigenvalue weighted by molar-refractivity contribution is -0.145. The van der Waals surface area contributed by atoms with Crippen molar-refractivity contribution in [1.29, 1.82) is 0 Å². The van der Waals surface area contributed by atoms with Crippen LogP contribution in [0.4, 0.5) is 0 Å². The maximum atomic E-state index is 12.1. The highest BCUT2D eigenvalue weighted by Crippen LogP contribution is 2.16. The Morgan fingerprint density at radius 2 is 1.16 bits per heavy atom. The fraction of sp³-hybridized carbons (Fsp3) is 0.650. The van der Waals surface area contributed by atoms with Gasteiger partial charge < -0.3 is 30.2 Å². The average Bonchev–Trinajstić information content (AvgIpc) is 2.64. The van der Waals surface area contributed by atoms with Crippen LogP contribution in [0.5, 0.6) is 0 Å². The lowest BCUT2D eigenvalue weighted by Crippen LogP contribution is -2.41. The van der Waals surface area contributed by atoms with Gasteiger partial charge in [0.1, 0.15) is 23.4 Å². The van der Waals surface area contributed by atoms with Crippen LogP contribution >= 0.6 is 0 Å². The molecule has 3 atom stereocenters. The van der Waals surface area contributed by atoms with Crippen LogP contribution in [-0.4, -0.2) is 62.5 Å². The Bertz CT molecular complexity index is 715. The molecule has 174 valence electrons. The van der Waals surface area contributed by atoms with Crippen LogP contribution < -0.4 is 5.32 Å². The minimum absolute atomic E-state index is 0.000505. The van der Waals surface area contributed by atoms with E-state index in [1.165, 1.54) is 13.8 Å². The number of aliphatic carboxylic acids is 3. The molecule has 0 saturated heterocycles. The molecule has 0 fully saturated rings. The van der Waals surface area contributed by atoms with Crippen molar-refractivity contribution in [3.05, 3.63) is 0 Å². The van der Waals surface area contributed by atoms with Crippen molar-refractivity contribution in [2.75, 3.05) is 0 Å². The van der Waals surface area contributed by atoms with Gasteiger partial charge in [0, 0.05) is 32.1 Å². The van der Waals surface area contributed by atoms with Crippen molar-refractivity contribution in [3.8, 4) is 0 Å². The monoisotopic (exact) mass is 443 g/mol. The molecule has 0 unspecified atom stereocenters. The third-order valence-electron chi connectivity index (χ3n) is 4.62. The van der Waals surface area contributed by atoms with Crippen LogP contribution in [-0.2, 0) is 33.6 Å². The number of carbonyl (C=O) groups excluding carboxylic acids is 4. The molecular weight excluding hydrogens is 414 g/mol. The second-order valence-corrected chi connectivity index (χ2v) is 7.50. The van der Waals surface area contributed by atoms with Gasteiger partial charge in [0.2, 0.25) is 5.91 Å².